The SMILES string of the molecule is COc1cccc2c1C(=O)c1c(O)c3c(c(O)c1C2=O)C[C@@](O)(C(=O)CO)C[C@@H]3O[C@H]1C[C@H](NC(=O)[C@H](CC(C)C)NC(=O)[C@H](C)NC(=O)[C@H](C)NC(=O)[C@H](CC(C)C)NC(=O)CNC(=O)[C@H](CC(C)C)NC(=O)[C@@H]2CCCN2C(C)=O)[C@H](O)[C@H](C)O1. The van der Waals surface area contributed by atoms with Gasteiger partial charge in [0.25, 0.3) is 0 Å². The summed E-state index contributed by atoms with van der Waals surface area (Å²) >= 11 is 0. The minimum atomic E-state index is -2.45. The Morgan fingerprint density at radius 3 is 1.91 bits per heavy atom. The van der Waals surface area contributed by atoms with E-state index in [4.69, 9.17) is 14.2 Å². The van der Waals surface area contributed by atoms with Crippen LogP contribution in [0.2, 0.25) is 0 Å². The molecule has 0 spiro atoms. The first-order valence-electron chi connectivity index (χ1n) is 29.4. The molecule has 478 valence electrons. The number of carbonyl (C=O) groups is 11. The Hall–Kier alpha value is -7.59. The average molecular weight is 1220 g/mol. The summed E-state index contributed by atoms with van der Waals surface area (Å²) in [6, 6.07) is -3.70. The smallest absolute Gasteiger partial charge is 0.243 e. The Labute approximate surface area is 504 Å². The third kappa shape index (κ3) is 16.0. The number of hydrogen-bond donors (Lipinski definition) is 12. The number of methoxy groups -OCH3 is 1. The number of hydrogen-bond acceptors (Lipinski definition) is 19. The van der Waals surface area contributed by atoms with Gasteiger partial charge in [0.1, 0.15) is 71.8 Å². The summed E-state index contributed by atoms with van der Waals surface area (Å²) in [6.45, 7) is 15.1. The number of fused-ring (bicyclic) bond motifs is 3. The van der Waals surface area contributed by atoms with Gasteiger partial charge in [0.2, 0.25) is 53.0 Å². The van der Waals surface area contributed by atoms with Crippen molar-refractivity contribution in [3.8, 4) is 17.2 Å². The molecule has 87 heavy (non-hydrogen) atoms. The first-order valence-corrected chi connectivity index (χ1v) is 29.4. The maximum atomic E-state index is 14.2. The second kappa shape index (κ2) is 28.9. The van der Waals surface area contributed by atoms with Crippen LogP contribution in [0.3, 0.4) is 0 Å². The number of phenolic OH excluding ortho intramolecular Hbond substituents is 2. The molecule has 12 atom stereocenters. The molecule has 0 bridgehead atoms. The second-order valence-electron chi connectivity index (χ2n) is 24.3. The molecule has 12 N–H and O–H groups in total. The van der Waals surface area contributed by atoms with E-state index >= 15 is 0 Å². The number of Topliss-reactive ketones (excluding diaryl/α,β-unsaturated/α-hetero) is 1. The van der Waals surface area contributed by atoms with E-state index in [1.807, 2.05) is 13.8 Å². The number of phenols is 2. The maximum absolute atomic E-state index is 14.2. The molecule has 0 aromatic heterocycles. The van der Waals surface area contributed by atoms with Gasteiger partial charge in [0.05, 0.1) is 48.6 Å². The fourth-order valence-electron chi connectivity index (χ4n) is 11.6. The van der Waals surface area contributed by atoms with Crippen molar-refractivity contribution in [2.45, 2.75) is 193 Å². The van der Waals surface area contributed by atoms with Gasteiger partial charge in [-0.05, 0) is 76.7 Å². The maximum Gasteiger partial charge on any atom is 0.243 e. The normalized spacial score (nSPS) is 23.2. The first kappa shape index (κ1) is 68.5. The van der Waals surface area contributed by atoms with Crippen LogP contribution >= 0.6 is 0 Å². The molecule has 2 aromatic carbocycles. The Kier molecular flexibility index (Phi) is 22.8. The topological polar surface area (TPSA) is 404 Å². The number of rotatable bonds is 25. The van der Waals surface area contributed by atoms with Gasteiger partial charge in [-0.15, -0.1) is 0 Å². The standard InChI is InChI=1S/C60H84N8O19/c1-26(2)18-36(67-59(83)39-15-13-17-68(39)32(10)70)56(80)61-24-43(72)64-37(19-27(3)4)57(81)63-29(7)54(78)62-30(8)55(79)66-38(20-28(5)6)58(82)65-35-21-44(86-31(9)49(35)73)87-41-23-60(84,42(71)25-69)22-34-46(41)53(77)48-47(51(34)75)50(74)33-14-12-16-40(85-11)45(33)52(48)76/h12,14,16,26-31,35-39,41,44,49,69,73,75,77,84H,13,15,17-25H2,1-11H3,(H,61,80)(H,62,78)(H,63,81)(H,64,72)(H,65,82)(H,66,79)(H,67,83)/t29-,30-,31-,35-,36-,37-,38-,39-,41-,44-,49+,60-/m0/s1. The second-order valence-corrected chi connectivity index (χ2v) is 24.3. The number of carbonyl (C=O) groups excluding carboxylic acids is 11. The van der Waals surface area contributed by atoms with E-state index in [9.17, 15) is 78.3 Å². The van der Waals surface area contributed by atoms with Crippen LogP contribution in [0.25, 0.3) is 0 Å². The summed E-state index contributed by atoms with van der Waals surface area (Å²) in [7, 11) is 1.27. The number of nitrogens with one attached hydrogen (secondary N) is 7. The highest BCUT2D eigenvalue weighted by atomic mass is 16.7. The largest absolute Gasteiger partial charge is 0.507 e. The lowest BCUT2D eigenvalue weighted by atomic mass is 9.72. The number of aliphatic hydroxyl groups is 3. The molecule has 27 heteroatoms. The van der Waals surface area contributed by atoms with Crippen LogP contribution in [0.4, 0.5) is 0 Å². The van der Waals surface area contributed by atoms with E-state index < -0.39 is 180 Å². The van der Waals surface area contributed by atoms with E-state index in [1.54, 1.807) is 27.7 Å². The Morgan fingerprint density at radius 1 is 0.747 bits per heavy atom. The lowest BCUT2D eigenvalue weighted by Gasteiger charge is -2.43. The van der Waals surface area contributed by atoms with Gasteiger partial charge in [0.15, 0.2) is 17.9 Å². The van der Waals surface area contributed by atoms with E-state index in [-0.39, 0.29) is 77.3 Å². The van der Waals surface area contributed by atoms with Gasteiger partial charge in [-0.1, -0.05) is 53.7 Å². The van der Waals surface area contributed by atoms with Gasteiger partial charge >= 0.3 is 0 Å². The monoisotopic (exact) mass is 1220 g/mol. The number of likely N-dealkylation sites (tertiary alicyclic amines) is 1. The van der Waals surface area contributed by atoms with Crippen molar-refractivity contribution < 1.29 is 92.5 Å². The highest BCUT2D eigenvalue weighted by Crippen LogP contribution is 2.52. The van der Waals surface area contributed by atoms with Crippen LogP contribution in [-0.2, 0) is 59.0 Å². The van der Waals surface area contributed by atoms with Gasteiger partial charge in [-0.2, -0.15) is 0 Å². The molecule has 27 nitrogen and oxygen atoms in total. The first-order chi connectivity index (χ1) is 40.8. The van der Waals surface area contributed by atoms with Crippen LogP contribution < -0.4 is 42.0 Å². The molecule has 2 aliphatic carbocycles. The van der Waals surface area contributed by atoms with Gasteiger partial charge in [0, 0.05) is 49.4 Å². The molecule has 6 rings (SSSR count). The summed E-state index contributed by atoms with van der Waals surface area (Å²) in [5.41, 5.74) is -4.58. The number of ether oxygens (including phenoxy) is 3. The highest BCUT2D eigenvalue weighted by Gasteiger charge is 2.51. The van der Waals surface area contributed by atoms with Crippen molar-refractivity contribution in [1.29, 1.82) is 0 Å². The average Bonchev–Trinajstić information content (AvgIpc) is 0.991. The van der Waals surface area contributed by atoms with Crippen LogP contribution in [0.5, 0.6) is 17.2 Å². The number of aromatic hydroxyl groups is 2. The van der Waals surface area contributed by atoms with Crippen LogP contribution in [-0.4, -0.2) is 188 Å². The molecular weight excluding hydrogens is 1140 g/mol. The van der Waals surface area contributed by atoms with E-state index in [2.05, 4.69) is 37.2 Å². The lowest BCUT2D eigenvalue weighted by molar-refractivity contribution is -0.249. The fraction of sp³-hybridized carbons (Fsp3) is 0.617. The summed E-state index contributed by atoms with van der Waals surface area (Å²) in [5.74, 6) is -10.1. The van der Waals surface area contributed by atoms with Crippen molar-refractivity contribution in [3.05, 3.63) is 51.6 Å². The van der Waals surface area contributed by atoms with Crippen molar-refractivity contribution in [3.63, 3.8) is 0 Å². The van der Waals surface area contributed by atoms with Crippen LogP contribution in [0.15, 0.2) is 18.2 Å². The zero-order valence-corrected chi connectivity index (χ0v) is 51.0. The van der Waals surface area contributed by atoms with Crippen molar-refractivity contribution in [2.75, 3.05) is 26.8 Å². The predicted octanol–water partition coefficient (Wildman–Crippen LogP) is -0.112. The van der Waals surface area contributed by atoms with E-state index in [0.717, 1.165) is 0 Å². The summed E-state index contributed by atoms with van der Waals surface area (Å²) in [6.07, 6.45) is -5.75. The Morgan fingerprint density at radius 2 is 1.32 bits per heavy atom. The number of benzene rings is 2. The molecule has 4 aliphatic rings. The van der Waals surface area contributed by atoms with Crippen LogP contribution in [0.1, 0.15) is 163 Å². The van der Waals surface area contributed by atoms with Gasteiger partial charge < -0.3 is 81.9 Å². The molecule has 8 amide bonds. The van der Waals surface area contributed by atoms with Crippen molar-refractivity contribution in [2.24, 2.45) is 17.8 Å². The van der Waals surface area contributed by atoms with Gasteiger partial charge in [-0.25, -0.2) is 0 Å². The summed E-state index contributed by atoms with van der Waals surface area (Å²) in [5, 5.41) is 75.1. The van der Waals surface area contributed by atoms with Gasteiger partial charge in [-0.3, -0.25) is 52.7 Å². The molecule has 0 unspecified atom stereocenters. The lowest BCUT2D eigenvalue weighted by Crippen LogP contribution is -2.60. The molecule has 2 heterocycles. The fourth-order valence-corrected chi connectivity index (χ4v) is 11.6. The zero-order valence-electron chi connectivity index (χ0n) is 51.0. The quantitative estimate of drug-likeness (QED) is 0.0492. The summed E-state index contributed by atoms with van der Waals surface area (Å²) < 4.78 is 17.7. The zero-order chi connectivity index (χ0) is 64.7. The Balaban J connectivity index is 1.08. The molecule has 2 fully saturated rings. The highest BCUT2D eigenvalue weighted by molar-refractivity contribution is 6.31. The summed E-state index contributed by atoms with van der Waals surface area (Å²) in [4.78, 5) is 150. The minimum Gasteiger partial charge on any atom is -0.507 e. The van der Waals surface area contributed by atoms with Crippen molar-refractivity contribution >= 4 is 64.6 Å². The number of nitrogens with zero attached hydrogens (tertiary/aromatic N) is 1. The van der Waals surface area contributed by atoms with Crippen LogP contribution in [0, 0.1) is 17.8 Å². The number of amides is 8. The van der Waals surface area contributed by atoms with Crippen molar-refractivity contribution in [1.82, 2.24) is 42.1 Å². The van der Waals surface area contributed by atoms with E-state index in [1.165, 1.54) is 57.9 Å². The predicted molar refractivity (Wildman–Crippen MR) is 308 cm³/mol. The molecule has 0 radical (unpaired) electrons. The Bertz CT molecular complexity index is 3000. The molecule has 2 aliphatic heterocycles. The molecule has 0 saturated carbocycles. The molecule has 2 aromatic rings. The third-order valence-electron chi connectivity index (χ3n) is 16.0. The van der Waals surface area contributed by atoms with E-state index in [0.29, 0.717) is 19.4 Å². The molecule has 2 saturated heterocycles. The molecular formula is C60H84N8O19. The minimum absolute atomic E-state index is 0.00680. The number of ketones is 3. The third-order valence-corrected chi connectivity index (χ3v) is 16.0. The number of aliphatic hydroxyl groups excluding tert-OH is 2.